The molecule has 0 heterocycles. The Hall–Kier alpha value is -0.870. The van der Waals surface area contributed by atoms with Crippen LogP contribution in [0.2, 0.25) is 0 Å². The second-order valence-corrected chi connectivity index (χ2v) is 4.55. The molecule has 0 saturated heterocycles. The zero-order valence-electron chi connectivity index (χ0n) is 7.46. The SMILES string of the molecule is NC1(C(=O)O)Cc2cccc(Br)c2C1. The van der Waals surface area contributed by atoms with Crippen LogP contribution < -0.4 is 5.73 Å². The number of halogens is 1. The highest BCUT2D eigenvalue weighted by Gasteiger charge is 2.41. The van der Waals surface area contributed by atoms with Gasteiger partial charge in [-0.1, -0.05) is 28.1 Å². The maximum absolute atomic E-state index is 11.0. The van der Waals surface area contributed by atoms with Crippen LogP contribution in [0.1, 0.15) is 11.1 Å². The molecule has 3 N–H and O–H groups in total. The lowest BCUT2D eigenvalue weighted by Gasteiger charge is -2.16. The fourth-order valence-electron chi connectivity index (χ4n) is 1.84. The lowest BCUT2D eigenvalue weighted by molar-refractivity contribution is -0.142. The molecule has 0 saturated carbocycles. The van der Waals surface area contributed by atoms with E-state index >= 15 is 0 Å². The van der Waals surface area contributed by atoms with E-state index in [1.165, 1.54) is 0 Å². The molecule has 1 unspecified atom stereocenters. The van der Waals surface area contributed by atoms with Crippen LogP contribution in [0.3, 0.4) is 0 Å². The number of nitrogens with two attached hydrogens (primary N) is 1. The summed E-state index contributed by atoms with van der Waals surface area (Å²) in [5, 5.41) is 9.00. The number of carboxylic acids is 1. The van der Waals surface area contributed by atoms with Crippen LogP contribution >= 0.6 is 15.9 Å². The summed E-state index contributed by atoms with van der Waals surface area (Å²) in [7, 11) is 0. The summed E-state index contributed by atoms with van der Waals surface area (Å²) in [5.41, 5.74) is 6.74. The number of benzene rings is 1. The third-order valence-corrected chi connectivity index (χ3v) is 3.38. The molecule has 0 spiro atoms. The van der Waals surface area contributed by atoms with E-state index in [4.69, 9.17) is 10.8 Å². The normalized spacial score (nSPS) is 24.7. The molecule has 3 nitrogen and oxygen atoms in total. The molecule has 0 radical (unpaired) electrons. The molecule has 1 aliphatic carbocycles. The highest BCUT2D eigenvalue weighted by molar-refractivity contribution is 9.10. The Kier molecular flexibility index (Phi) is 2.12. The van der Waals surface area contributed by atoms with Gasteiger partial charge in [-0.25, -0.2) is 0 Å². The predicted molar refractivity (Wildman–Crippen MR) is 56.1 cm³/mol. The van der Waals surface area contributed by atoms with E-state index in [1.807, 2.05) is 18.2 Å². The first-order chi connectivity index (χ1) is 6.53. The van der Waals surface area contributed by atoms with Crippen LogP contribution in [-0.2, 0) is 17.6 Å². The number of carboxylic acid groups (broad SMARTS) is 1. The van der Waals surface area contributed by atoms with Gasteiger partial charge >= 0.3 is 5.97 Å². The molecule has 1 aromatic rings. The third kappa shape index (κ3) is 1.35. The lowest BCUT2D eigenvalue weighted by atomic mass is 9.98. The van der Waals surface area contributed by atoms with Gasteiger partial charge in [0.2, 0.25) is 0 Å². The Labute approximate surface area is 90.0 Å². The van der Waals surface area contributed by atoms with E-state index < -0.39 is 11.5 Å². The molecule has 2 rings (SSSR count). The number of hydrogen-bond donors (Lipinski definition) is 2. The smallest absolute Gasteiger partial charge is 0.324 e. The molecule has 0 aromatic heterocycles. The van der Waals surface area contributed by atoms with Gasteiger partial charge in [-0.05, 0) is 17.2 Å². The van der Waals surface area contributed by atoms with Gasteiger partial charge in [-0.3, -0.25) is 4.79 Å². The Morgan fingerprint density at radius 2 is 2.21 bits per heavy atom. The zero-order chi connectivity index (χ0) is 10.3. The maximum Gasteiger partial charge on any atom is 0.324 e. The Morgan fingerprint density at radius 1 is 1.50 bits per heavy atom. The quantitative estimate of drug-likeness (QED) is 0.796. The first-order valence-corrected chi connectivity index (χ1v) is 5.11. The molecule has 4 heteroatoms. The van der Waals surface area contributed by atoms with E-state index in [1.54, 1.807) is 0 Å². The van der Waals surface area contributed by atoms with Gasteiger partial charge in [0.15, 0.2) is 0 Å². The van der Waals surface area contributed by atoms with Gasteiger partial charge in [-0.15, -0.1) is 0 Å². The molecule has 0 bridgehead atoms. The molecule has 1 atom stereocenters. The van der Waals surface area contributed by atoms with E-state index in [9.17, 15) is 4.79 Å². The first-order valence-electron chi connectivity index (χ1n) is 4.31. The van der Waals surface area contributed by atoms with Crippen LogP contribution in [0.5, 0.6) is 0 Å². The molecule has 74 valence electrons. The minimum Gasteiger partial charge on any atom is -0.480 e. The first kappa shape index (κ1) is 9.68. The summed E-state index contributed by atoms with van der Waals surface area (Å²) in [4.78, 5) is 11.0. The topological polar surface area (TPSA) is 63.3 Å². The molecule has 0 amide bonds. The number of hydrogen-bond acceptors (Lipinski definition) is 2. The van der Waals surface area contributed by atoms with E-state index in [0.29, 0.717) is 12.8 Å². The Balaban J connectivity index is 2.44. The van der Waals surface area contributed by atoms with Crippen LogP contribution in [0.15, 0.2) is 22.7 Å². The van der Waals surface area contributed by atoms with Crippen molar-refractivity contribution in [1.82, 2.24) is 0 Å². The minimum atomic E-state index is -1.12. The standard InChI is InChI=1S/C10H10BrNO2/c11-8-3-1-2-6-4-10(12,9(13)14)5-7(6)8/h1-3H,4-5,12H2,(H,13,14). The molecule has 1 aromatic carbocycles. The predicted octanol–water partition coefficient (Wildman–Crippen LogP) is 1.33. The lowest BCUT2D eigenvalue weighted by Crippen LogP contribution is -2.48. The van der Waals surface area contributed by atoms with Crippen LogP contribution in [0.25, 0.3) is 0 Å². The monoisotopic (exact) mass is 255 g/mol. The van der Waals surface area contributed by atoms with Crippen molar-refractivity contribution in [2.75, 3.05) is 0 Å². The molecule has 0 aliphatic heterocycles. The summed E-state index contributed by atoms with van der Waals surface area (Å²) in [5.74, 6) is -0.930. The van der Waals surface area contributed by atoms with Crippen molar-refractivity contribution in [3.05, 3.63) is 33.8 Å². The van der Waals surface area contributed by atoms with E-state index in [2.05, 4.69) is 15.9 Å². The van der Waals surface area contributed by atoms with Crippen molar-refractivity contribution >= 4 is 21.9 Å². The van der Waals surface area contributed by atoms with Gasteiger partial charge in [0.1, 0.15) is 5.54 Å². The van der Waals surface area contributed by atoms with Crippen molar-refractivity contribution in [3.63, 3.8) is 0 Å². The van der Waals surface area contributed by atoms with E-state index in [-0.39, 0.29) is 0 Å². The van der Waals surface area contributed by atoms with Gasteiger partial charge < -0.3 is 10.8 Å². The summed E-state index contributed by atoms with van der Waals surface area (Å²) in [6.07, 6.45) is 0.816. The van der Waals surface area contributed by atoms with Gasteiger partial charge in [-0.2, -0.15) is 0 Å². The average Bonchev–Trinajstić information content (AvgIpc) is 2.45. The number of carbonyl (C=O) groups is 1. The second kappa shape index (κ2) is 3.07. The van der Waals surface area contributed by atoms with Crippen molar-refractivity contribution in [2.24, 2.45) is 5.73 Å². The van der Waals surface area contributed by atoms with Crippen molar-refractivity contribution in [3.8, 4) is 0 Å². The van der Waals surface area contributed by atoms with Gasteiger partial charge in [0.25, 0.3) is 0 Å². The van der Waals surface area contributed by atoms with Crippen LogP contribution in [-0.4, -0.2) is 16.6 Å². The summed E-state index contributed by atoms with van der Waals surface area (Å²) in [6.45, 7) is 0. The highest BCUT2D eigenvalue weighted by Crippen LogP contribution is 2.33. The highest BCUT2D eigenvalue weighted by atomic mass is 79.9. The van der Waals surface area contributed by atoms with E-state index in [0.717, 1.165) is 15.6 Å². The summed E-state index contributed by atoms with van der Waals surface area (Å²) < 4.78 is 0.948. The van der Waals surface area contributed by atoms with Crippen LogP contribution in [0, 0.1) is 0 Å². The third-order valence-electron chi connectivity index (χ3n) is 2.64. The number of aliphatic carboxylic acids is 1. The van der Waals surface area contributed by atoms with Gasteiger partial charge in [0.05, 0.1) is 0 Å². The molecular formula is C10H10BrNO2. The Bertz CT molecular complexity index is 405. The van der Waals surface area contributed by atoms with Crippen molar-refractivity contribution in [2.45, 2.75) is 18.4 Å². The molecule has 14 heavy (non-hydrogen) atoms. The molecular weight excluding hydrogens is 246 g/mol. The average molecular weight is 256 g/mol. The molecule has 0 fully saturated rings. The van der Waals surface area contributed by atoms with Crippen molar-refractivity contribution in [1.29, 1.82) is 0 Å². The fourth-order valence-corrected chi connectivity index (χ4v) is 2.38. The largest absolute Gasteiger partial charge is 0.480 e. The van der Waals surface area contributed by atoms with Crippen LogP contribution in [0.4, 0.5) is 0 Å². The minimum absolute atomic E-state index is 0.402. The van der Waals surface area contributed by atoms with Gasteiger partial charge in [0, 0.05) is 17.3 Å². The number of fused-ring (bicyclic) bond motifs is 1. The van der Waals surface area contributed by atoms with Crippen molar-refractivity contribution < 1.29 is 9.90 Å². The second-order valence-electron chi connectivity index (χ2n) is 3.69. The fraction of sp³-hybridized carbons (Fsp3) is 0.300. The summed E-state index contributed by atoms with van der Waals surface area (Å²) >= 11 is 3.40. The zero-order valence-corrected chi connectivity index (χ0v) is 9.04. The maximum atomic E-state index is 11.0. The summed E-state index contributed by atoms with van der Waals surface area (Å²) in [6, 6.07) is 5.74. The molecule has 1 aliphatic rings. The number of rotatable bonds is 1. The Morgan fingerprint density at radius 3 is 2.79 bits per heavy atom.